The highest BCUT2D eigenvalue weighted by Gasteiger charge is 2.46. The van der Waals surface area contributed by atoms with Gasteiger partial charge >= 0.3 is 5.97 Å². The van der Waals surface area contributed by atoms with Crippen LogP contribution in [-0.2, 0) is 27.4 Å². The summed E-state index contributed by atoms with van der Waals surface area (Å²) < 4.78 is 5.76. The van der Waals surface area contributed by atoms with Crippen LogP contribution in [0.2, 0.25) is 0 Å². The standard InChI is InChI=1S/C32H31NO3/c1-3-22-14-16-25(17-15-22)30-29(32(35)36-20-23-10-6-4-7-11-23)21(2)33-27-18-26(19-28(34)31(27)30)24-12-8-5-9-13-24/h4-17,26,30-31H,3,18-20H2,1-2H3/t26-,30+,31?/m1/s1. The van der Waals surface area contributed by atoms with Crippen molar-refractivity contribution in [1.82, 2.24) is 0 Å². The molecule has 4 nitrogen and oxygen atoms in total. The summed E-state index contributed by atoms with van der Waals surface area (Å²) in [4.78, 5) is 32.1. The number of allylic oxidation sites excluding steroid dienone is 1. The maximum Gasteiger partial charge on any atom is 0.336 e. The summed E-state index contributed by atoms with van der Waals surface area (Å²) in [5, 5.41) is 0. The number of ketones is 1. The molecule has 1 aliphatic heterocycles. The molecule has 5 rings (SSSR count). The molecule has 0 saturated heterocycles. The number of hydrogen-bond acceptors (Lipinski definition) is 4. The van der Waals surface area contributed by atoms with Gasteiger partial charge in [0.05, 0.1) is 11.5 Å². The highest BCUT2D eigenvalue weighted by molar-refractivity contribution is 6.12. The normalized spacial score (nSPS) is 21.6. The molecule has 1 aliphatic carbocycles. The van der Waals surface area contributed by atoms with E-state index in [1.807, 2.05) is 55.5 Å². The molecule has 3 atom stereocenters. The van der Waals surface area contributed by atoms with Crippen molar-refractivity contribution >= 4 is 17.5 Å². The number of fused-ring (bicyclic) bond motifs is 1. The largest absolute Gasteiger partial charge is 0.457 e. The first kappa shape index (κ1) is 23.9. The van der Waals surface area contributed by atoms with E-state index in [2.05, 4.69) is 43.3 Å². The zero-order valence-electron chi connectivity index (χ0n) is 20.8. The fourth-order valence-electron chi connectivity index (χ4n) is 5.52. The quantitative estimate of drug-likeness (QED) is 0.378. The van der Waals surface area contributed by atoms with E-state index >= 15 is 0 Å². The average molecular weight is 478 g/mol. The van der Waals surface area contributed by atoms with Crippen LogP contribution in [0.1, 0.15) is 60.8 Å². The fraction of sp³-hybridized carbons (Fsp3) is 0.281. The van der Waals surface area contributed by atoms with Crippen LogP contribution in [0.3, 0.4) is 0 Å². The summed E-state index contributed by atoms with van der Waals surface area (Å²) >= 11 is 0. The van der Waals surface area contributed by atoms with Gasteiger partial charge in [0.15, 0.2) is 0 Å². The lowest BCUT2D eigenvalue weighted by molar-refractivity contribution is -0.140. The molecule has 1 heterocycles. The van der Waals surface area contributed by atoms with Gasteiger partial charge in [0.1, 0.15) is 12.4 Å². The summed E-state index contributed by atoms with van der Waals surface area (Å²) in [5.41, 5.74) is 6.28. The van der Waals surface area contributed by atoms with Crippen molar-refractivity contribution in [1.29, 1.82) is 0 Å². The van der Waals surface area contributed by atoms with Crippen molar-refractivity contribution in [3.05, 3.63) is 118 Å². The zero-order valence-corrected chi connectivity index (χ0v) is 20.8. The Morgan fingerprint density at radius 1 is 0.833 bits per heavy atom. The molecule has 1 unspecified atom stereocenters. The molecule has 1 fully saturated rings. The van der Waals surface area contributed by atoms with Gasteiger partial charge in [-0.1, -0.05) is 91.9 Å². The summed E-state index contributed by atoms with van der Waals surface area (Å²) in [6, 6.07) is 28.1. The third-order valence-corrected chi connectivity index (χ3v) is 7.41. The van der Waals surface area contributed by atoms with Crippen LogP contribution < -0.4 is 0 Å². The SMILES string of the molecule is CCc1ccc([C@H]2C(C(=O)OCc3ccccc3)=C(C)N=C3C[C@@H](c4ccccc4)CC(=O)C32)cc1. The Kier molecular flexibility index (Phi) is 6.95. The highest BCUT2D eigenvalue weighted by Crippen LogP contribution is 2.46. The summed E-state index contributed by atoms with van der Waals surface area (Å²) in [6.07, 6.45) is 2.09. The number of rotatable bonds is 6. The summed E-state index contributed by atoms with van der Waals surface area (Å²) in [6.45, 7) is 4.17. The van der Waals surface area contributed by atoms with Crippen molar-refractivity contribution in [2.45, 2.75) is 51.6 Å². The summed E-state index contributed by atoms with van der Waals surface area (Å²) in [7, 11) is 0. The third-order valence-electron chi connectivity index (χ3n) is 7.41. The first-order valence-corrected chi connectivity index (χ1v) is 12.7. The van der Waals surface area contributed by atoms with Gasteiger partial charge in [-0.2, -0.15) is 0 Å². The lowest BCUT2D eigenvalue weighted by Crippen LogP contribution is -2.41. The number of carbonyl (C=O) groups is 2. The molecule has 0 bridgehead atoms. The second-order valence-corrected chi connectivity index (χ2v) is 9.70. The van der Waals surface area contributed by atoms with Crippen LogP contribution in [0.15, 0.2) is 101 Å². The smallest absolute Gasteiger partial charge is 0.336 e. The van der Waals surface area contributed by atoms with E-state index in [4.69, 9.17) is 9.73 Å². The van der Waals surface area contributed by atoms with E-state index in [9.17, 15) is 9.59 Å². The van der Waals surface area contributed by atoms with Gasteiger partial charge in [-0.25, -0.2) is 4.79 Å². The van der Waals surface area contributed by atoms with Crippen molar-refractivity contribution in [2.75, 3.05) is 0 Å². The Labute approximate surface area is 212 Å². The Morgan fingerprint density at radius 3 is 2.17 bits per heavy atom. The number of nitrogens with zero attached hydrogens (tertiary/aromatic N) is 1. The molecule has 2 aliphatic rings. The predicted octanol–water partition coefficient (Wildman–Crippen LogP) is 6.57. The third kappa shape index (κ3) is 4.81. The number of carbonyl (C=O) groups excluding carboxylic acids is 2. The monoisotopic (exact) mass is 477 g/mol. The molecule has 3 aromatic rings. The Balaban J connectivity index is 1.52. The first-order chi connectivity index (χ1) is 17.5. The predicted molar refractivity (Wildman–Crippen MR) is 142 cm³/mol. The lowest BCUT2D eigenvalue weighted by Gasteiger charge is -2.38. The van der Waals surface area contributed by atoms with E-state index < -0.39 is 17.8 Å². The molecule has 0 aromatic heterocycles. The van der Waals surface area contributed by atoms with Crippen LogP contribution >= 0.6 is 0 Å². The molecule has 182 valence electrons. The van der Waals surface area contributed by atoms with Crippen LogP contribution in [0.5, 0.6) is 0 Å². The molecule has 0 amide bonds. The number of Topliss-reactive ketones (excluding diaryl/α,β-unsaturated/α-hetero) is 1. The van der Waals surface area contributed by atoms with Gasteiger partial charge in [-0.05, 0) is 47.9 Å². The molecular formula is C32H31NO3. The number of aliphatic imine (C=N–C) groups is 1. The number of hydrogen-bond donors (Lipinski definition) is 0. The number of benzene rings is 3. The highest BCUT2D eigenvalue weighted by atomic mass is 16.5. The Hall–Kier alpha value is -3.79. The molecule has 4 heteroatoms. The van der Waals surface area contributed by atoms with Gasteiger partial charge in [-0.15, -0.1) is 0 Å². The van der Waals surface area contributed by atoms with Gasteiger partial charge in [0.2, 0.25) is 0 Å². The minimum atomic E-state index is -0.444. The average Bonchev–Trinajstić information content (AvgIpc) is 2.92. The van der Waals surface area contributed by atoms with Crippen molar-refractivity contribution in [3.8, 4) is 0 Å². The summed E-state index contributed by atoms with van der Waals surface area (Å²) in [5.74, 6) is -0.992. The van der Waals surface area contributed by atoms with Gasteiger partial charge in [0, 0.05) is 23.7 Å². The Morgan fingerprint density at radius 2 is 1.50 bits per heavy atom. The van der Waals surface area contributed by atoms with E-state index in [1.54, 1.807) is 0 Å². The molecule has 3 aromatic carbocycles. The van der Waals surface area contributed by atoms with E-state index in [0.717, 1.165) is 28.8 Å². The van der Waals surface area contributed by atoms with E-state index in [-0.39, 0.29) is 18.3 Å². The minimum Gasteiger partial charge on any atom is -0.457 e. The maximum absolute atomic E-state index is 13.7. The van der Waals surface area contributed by atoms with Crippen molar-refractivity contribution in [2.24, 2.45) is 10.9 Å². The second kappa shape index (κ2) is 10.4. The molecule has 0 spiro atoms. The topological polar surface area (TPSA) is 55.7 Å². The van der Waals surface area contributed by atoms with Crippen LogP contribution in [0, 0.1) is 5.92 Å². The molecule has 1 saturated carbocycles. The molecule has 0 N–H and O–H groups in total. The molecule has 0 radical (unpaired) electrons. The van der Waals surface area contributed by atoms with Crippen LogP contribution in [-0.4, -0.2) is 17.5 Å². The Bertz CT molecular complexity index is 1310. The van der Waals surface area contributed by atoms with E-state index in [0.29, 0.717) is 24.1 Å². The van der Waals surface area contributed by atoms with Gasteiger partial charge in [0.25, 0.3) is 0 Å². The van der Waals surface area contributed by atoms with Crippen molar-refractivity contribution in [3.63, 3.8) is 0 Å². The lowest BCUT2D eigenvalue weighted by atomic mass is 9.66. The molecular weight excluding hydrogens is 446 g/mol. The van der Waals surface area contributed by atoms with Gasteiger partial charge in [-0.3, -0.25) is 9.79 Å². The molecule has 36 heavy (non-hydrogen) atoms. The number of aryl methyl sites for hydroxylation is 1. The fourth-order valence-corrected chi connectivity index (χ4v) is 5.52. The maximum atomic E-state index is 13.7. The second-order valence-electron chi connectivity index (χ2n) is 9.70. The zero-order chi connectivity index (χ0) is 25.1. The number of ether oxygens (including phenoxy) is 1. The number of esters is 1. The minimum absolute atomic E-state index is 0.108. The van der Waals surface area contributed by atoms with Gasteiger partial charge < -0.3 is 4.74 Å². The van der Waals surface area contributed by atoms with Crippen molar-refractivity contribution < 1.29 is 14.3 Å². The van der Waals surface area contributed by atoms with Crippen LogP contribution in [0.25, 0.3) is 0 Å². The van der Waals surface area contributed by atoms with E-state index in [1.165, 1.54) is 5.56 Å². The van der Waals surface area contributed by atoms with Crippen LogP contribution in [0.4, 0.5) is 0 Å². The first-order valence-electron chi connectivity index (χ1n) is 12.7.